The third kappa shape index (κ3) is 3.81. The summed E-state index contributed by atoms with van der Waals surface area (Å²) in [6, 6.07) is 52.6. The second kappa shape index (κ2) is 10.4. The first-order valence-corrected chi connectivity index (χ1v) is 18.0. The molecule has 0 saturated heterocycles. The molecule has 12 rings (SSSR count). The molecule has 0 saturated carbocycles. The Hall–Kier alpha value is -6.78. The molecule has 0 N–H and O–H groups in total. The van der Waals surface area contributed by atoms with Gasteiger partial charge in [0.1, 0.15) is 22.5 Å². The zero-order valence-electron chi connectivity index (χ0n) is 28.1. The molecule has 52 heavy (non-hydrogen) atoms. The Morgan fingerprint density at radius 2 is 1.13 bits per heavy atom. The van der Waals surface area contributed by atoms with E-state index in [9.17, 15) is 0 Å². The number of hydrogen-bond donors (Lipinski definition) is 0. The summed E-state index contributed by atoms with van der Waals surface area (Å²) in [5.41, 5.74) is 13.3. The Labute approximate surface area is 298 Å². The van der Waals surface area contributed by atoms with Crippen LogP contribution in [0.3, 0.4) is 0 Å². The van der Waals surface area contributed by atoms with Gasteiger partial charge in [0.2, 0.25) is 0 Å². The van der Waals surface area contributed by atoms with Crippen LogP contribution in [0.25, 0.3) is 105 Å². The molecular weight excluding hydrogens is 637 g/mol. The Bertz CT molecular complexity index is 3290. The summed E-state index contributed by atoms with van der Waals surface area (Å²) in [6.45, 7) is 0. The largest absolute Gasteiger partial charge is 0.460 e. The number of aromatic nitrogens is 2. The maximum Gasteiger partial charge on any atom is 0.145 e. The number of allylic oxidation sites excluding steroid dienone is 1. The van der Waals surface area contributed by atoms with E-state index in [4.69, 9.17) is 8.83 Å². The minimum absolute atomic E-state index is 0.909. The molecule has 0 unspecified atom stereocenters. The number of benzene rings is 7. The fourth-order valence-corrected chi connectivity index (χ4v) is 8.83. The normalized spacial score (nSPS) is 13.2. The highest BCUT2D eigenvalue weighted by Crippen LogP contribution is 2.43. The summed E-state index contributed by atoms with van der Waals surface area (Å²) in [5, 5.41) is 8.23. The fourth-order valence-electron chi connectivity index (χ4n) is 8.83. The number of furan rings is 2. The van der Waals surface area contributed by atoms with Crippen molar-refractivity contribution >= 4 is 82.6 Å². The monoisotopic (exact) mass is 666 g/mol. The highest BCUT2D eigenvalue weighted by atomic mass is 16.3. The highest BCUT2D eigenvalue weighted by molar-refractivity contribution is 6.24. The van der Waals surface area contributed by atoms with Gasteiger partial charge in [-0.3, -0.25) is 0 Å². The molecule has 11 aromatic rings. The highest BCUT2D eigenvalue weighted by Gasteiger charge is 2.21. The second-order valence-electron chi connectivity index (χ2n) is 14.0. The standard InChI is InChI=1S/C48H30N2O2/c1-2-10-31(11-3-1)49-42-23-19-30(27-39(42)47-43(49)24-21-36-34-13-5-9-17-45(34)52-48(36)47)29-18-22-41-37(26-29)33-12-4-7-15-40(33)50(41)32-20-25-46-38(28-32)35-14-6-8-16-44(35)51-46/h1-7,9-15,17-28H,8,16H2. The van der Waals surface area contributed by atoms with Gasteiger partial charge >= 0.3 is 0 Å². The van der Waals surface area contributed by atoms with E-state index in [0.29, 0.717) is 0 Å². The van der Waals surface area contributed by atoms with Crippen LogP contribution in [0.15, 0.2) is 161 Å². The lowest BCUT2D eigenvalue weighted by atomic mass is 10.00. The molecule has 0 radical (unpaired) electrons. The lowest BCUT2D eigenvalue weighted by Crippen LogP contribution is -1.94. The number of nitrogens with zero attached hydrogens (tertiary/aromatic N) is 2. The van der Waals surface area contributed by atoms with Crippen molar-refractivity contribution < 1.29 is 8.83 Å². The van der Waals surface area contributed by atoms with Crippen LogP contribution < -0.4 is 0 Å². The van der Waals surface area contributed by atoms with Crippen LogP contribution in [0, 0.1) is 0 Å². The van der Waals surface area contributed by atoms with Crippen molar-refractivity contribution in [1.29, 1.82) is 0 Å². The molecule has 0 fully saturated rings. The predicted octanol–water partition coefficient (Wildman–Crippen LogP) is 13.2. The van der Waals surface area contributed by atoms with Crippen molar-refractivity contribution in [3.8, 4) is 22.5 Å². The van der Waals surface area contributed by atoms with Crippen molar-refractivity contribution in [2.45, 2.75) is 12.8 Å². The third-order valence-corrected chi connectivity index (χ3v) is 11.2. The minimum atomic E-state index is 0.909. The molecule has 4 nitrogen and oxygen atoms in total. The lowest BCUT2D eigenvalue weighted by molar-refractivity contribution is 0.546. The third-order valence-electron chi connectivity index (χ3n) is 11.2. The number of aryl methyl sites for hydroxylation is 1. The maximum absolute atomic E-state index is 6.65. The first kappa shape index (κ1) is 28.0. The average Bonchev–Trinajstić information content (AvgIpc) is 3.95. The van der Waals surface area contributed by atoms with E-state index in [1.54, 1.807) is 0 Å². The van der Waals surface area contributed by atoms with Crippen molar-refractivity contribution in [2.75, 3.05) is 0 Å². The summed E-state index contributed by atoms with van der Waals surface area (Å²) in [7, 11) is 0. The van der Waals surface area contributed by atoms with Gasteiger partial charge in [-0.25, -0.2) is 0 Å². The summed E-state index contributed by atoms with van der Waals surface area (Å²) in [6.07, 6.45) is 6.46. The number of rotatable bonds is 3. The zero-order valence-corrected chi connectivity index (χ0v) is 28.1. The second-order valence-corrected chi connectivity index (χ2v) is 14.0. The van der Waals surface area contributed by atoms with Crippen LogP contribution in [-0.4, -0.2) is 9.13 Å². The van der Waals surface area contributed by atoms with Crippen molar-refractivity contribution in [2.24, 2.45) is 0 Å². The van der Waals surface area contributed by atoms with Gasteiger partial charge in [-0.1, -0.05) is 78.9 Å². The molecule has 4 heteroatoms. The van der Waals surface area contributed by atoms with Gasteiger partial charge in [-0.05, 0) is 96.4 Å². The van der Waals surface area contributed by atoms with Crippen LogP contribution in [0.2, 0.25) is 0 Å². The first-order valence-electron chi connectivity index (χ1n) is 18.0. The number of hydrogen-bond acceptors (Lipinski definition) is 2. The molecule has 4 aromatic heterocycles. The average molecular weight is 667 g/mol. The molecule has 1 aliphatic rings. The van der Waals surface area contributed by atoms with E-state index >= 15 is 0 Å². The van der Waals surface area contributed by atoms with Crippen LogP contribution in [-0.2, 0) is 6.42 Å². The Kier molecular flexibility index (Phi) is 5.58. The Balaban J connectivity index is 1.09. The van der Waals surface area contributed by atoms with Crippen molar-refractivity contribution in [3.63, 3.8) is 0 Å². The van der Waals surface area contributed by atoms with Gasteiger partial charge in [0.25, 0.3) is 0 Å². The Morgan fingerprint density at radius 3 is 2.02 bits per heavy atom. The van der Waals surface area contributed by atoms with Crippen molar-refractivity contribution in [1.82, 2.24) is 9.13 Å². The molecule has 0 bridgehead atoms. The molecule has 1 aliphatic carbocycles. The quantitative estimate of drug-likeness (QED) is 0.188. The van der Waals surface area contributed by atoms with E-state index in [-0.39, 0.29) is 0 Å². The molecule has 0 atom stereocenters. The predicted molar refractivity (Wildman–Crippen MR) is 215 cm³/mol. The molecule has 244 valence electrons. The van der Waals surface area contributed by atoms with Crippen LogP contribution in [0.5, 0.6) is 0 Å². The minimum Gasteiger partial charge on any atom is -0.460 e. The van der Waals surface area contributed by atoms with Gasteiger partial charge in [-0.2, -0.15) is 0 Å². The van der Waals surface area contributed by atoms with Crippen LogP contribution in [0.1, 0.15) is 17.7 Å². The van der Waals surface area contributed by atoms with Crippen molar-refractivity contribution in [3.05, 3.63) is 163 Å². The number of fused-ring (bicyclic) bond motifs is 13. The number of para-hydroxylation sites is 3. The van der Waals surface area contributed by atoms with E-state index in [2.05, 4.69) is 161 Å². The molecule has 0 aliphatic heterocycles. The summed E-state index contributed by atoms with van der Waals surface area (Å²) in [5.74, 6) is 1.09. The van der Waals surface area contributed by atoms with Gasteiger partial charge in [0.05, 0.1) is 27.5 Å². The van der Waals surface area contributed by atoms with Crippen LogP contribution >= 0.6 is 0 Å². The molecule has 0 spiro atoms. The fraction of sp³-hybridized carbons (Fsp3) is 0.0417. The topological polar surface area (TPSA) is 36.1 Å². The summed E-state index contributed by atoms with van der Waals surface area (Å²) >= 11 is 0. The zero-order chi connectivity index (χ0) is 33.9. The van der Waals surface area contributed by atoms with E-state index in [0.717, 1.165) is 73.9 Å². The summed E-state index contributed by atoms with van der Waals surface area (Å²) < 4.78 is 17.7. The van der Waals surface area contributed by atoms with Crippen LogP contribution in [0.4, 0.5) is 0 Å². The molecule has 0 amide bonds. The van der Waals surface area contributed by atoms with E-state index in [1.165, 1.54) is 49.3 Å². The SMILES string of the molecule is C1=Cc2c(oc3ccc(-n4c5ccccc5c5cc(-c6ccc7c(c6)c6c8oc9ccccc9c8ccc6n7-c6ccccc6)ccc54)cc23)CC1. The lowest BCUT2D eigenvalue weighted by Gasteiger charge is -2.10. The van der Waals surface area contributed by atoms with E-state index in [1.807, 2.05) is 6.07 Å². The van der Waals surface area contributed by atoms with Gasteiger partial charge in [0.15, 0.2) is 0 Å². The molecule has 4 heterocycles. The molecular formula is C48H30N2O2. The summed E-state index contributed by atoms with van der Waals surface area (Å²) in [4.78, 5) is 0. The first-order chi connectivity index (χ1) is 25.8. The van der Waals surface area contributed by atoms with E-state index < -0.39 is 0 Å². The smallest absolute Gasteiger partial charge is 0.145 e. The van der Waals surface area contributed by atoms with Gasteiger partial charge in [-0.15, -0.1) is 0 Å². The Morgan fingerprint density at radius 1 is 0.442 bits per heavy atom. The van der Waals surface area contributed by atoms with Gasteiger partial charge in [0, 0.05) is 55.7 Å². The molecule has 7 aromatic carbocycles. The van der Waals surface area contributed by atoms with Gasteiger partial charge < -0.3 is 18.0 Å². The maximum atomic E-state index is 6.65.